The molecule has 0 saturated carbocycles. The number of carboxylic acids is 1. The van der Waals surface area contributed by atoms with Crippen molar-refractivity contribution in [2.75, 3.05) is 16.8 Å². The predicted molar refractivity (Wildman–Crippen MR) is 157 cm³/mol. The minimum absolute atomic E-state index is 0.00972. The van der Waals surface area contributed by atoms with Crippen molar-refractivity contribution in [3.05, 3.63) is 65.9 Å². The van der Waals surface area contributed by atoms with Crippen LogP contribution in [0.1, 0.15) is 78.0 Å². The van der Waals surface area contributed by atoms with Crippen molar-refractivity contribution >= 4 is 40.4 Å². The van der Waals surface area contributed by atoms with Crippen LogP contribution < -0.4 is 10.2 Å². The van der Waals surface area contributed by atoms with Gasteiger partial charge in [0.15, 0.2) is 11.9 Å². The molecule has 3 aromatic rings. The van der Waals surface area contributed by atoms with E-state index in [4.69, 9.17) is 9.47 Å². The molecule has 2 aromatic carbocycles. The van der Waals surface area contributed by atoms with Gasteiger partial charge < -0.3 is 25.0 Å². The van der Waals surface area contributed by atoms with E-state index in [1.807, 2.05) is 19.1 Å². The van der Waals surface area contributed by atoms with Crippen molar-refractivity contribution in [1.29, 1.82) is 0 Å². The molecule has 2 atom stereocenters. The molecule has 10 heteroatoms. The van der Waals surface area contributed by atoms with E-state index >= 15 is 0 Å². The monoisotopic (exact) mass is 565 g/mol. The minimum Gasteiger partial charge on any atom is -0.479 e. The molecule has 1 heterocycles. The average molecular weight is 566 g/mol. The van der Waals surface area contributed by atoms with Crippen molar-refractivity contribution < 1.29 is 34.1 Å². The highest BCUT2D eigenvalue weighted by atomic mass is 16.6. The van der Waals surface area contributed by atoms with E-state index in [-0.39, 0.29) is 18.3 Å². The summed E-state index contributed by atoms with van der Waals surface area (Å²) in [4.78, 5) is 43.6. The molecular formula is C31H39N3O7. The molecule has 0 fully saturated rings. The number of ether oxygens (including phenoxy) is 2. The van der Waals surface area contributed by atoms with E-state index < -0.39 is 35.4 Å². The summed E-state index contributed by atoms with van der Waals surface area (Å²) >= 11 is 0. The van der Waals surface area contributed by atoms with Gasteiger partial charge in [-0.15, -0.1) is 0 Å². The van der Waals surface area contributed by atoms with Crippen LogP contribution in [0, 0.1) is 0 Å². The lowest BCUT2D eigenvalue weighted by atomic mass is 9.95. The number of pyridine rings is 1. The number of carboxylic acid groups (broad SMARTS) is 1. The number of imide groups is 1. The molecular weight excluding hydrogens is 526 g/mol. The van der Waals surface area contributed by atoms with Crippen molar-refractivity contribution in [3.63, 3.8) is 0 Å². The summed E-state index contributed by atoms with van der Waals surface area (Å²) in [6.45, 7) is 12.1. The fraction of sp³-hybridized carbons (Fsp3) is 0.419. The number of aliphatic hydroxyl groups is 1. The number of amides is 2. The molecule has 41 heavy (non-hydrogen) atoms. The summed E-state index contributed by atoms with van der Waals surface area (Å²) in [6.07, 6.45) is 0.343. The number of rotatable bonds is 8. The van der Waals surface area contributed by atoms with Gasteiger partial charge in [-0.25, -0.2) is 19.4 Å². The number of carbonyl (C=O) groups is 3. The molecule has 0 aliphatic heterocycles. The van der Waals surface area contributed by atoms with Crippen LogP contribution in [0.5, 0.6) is 0 Å². The number of fused-ring (bicyclic) bond motifs is 1. The number of nitrogens with zero attached hydrogens (tertiary/aromatic N) is 2. The molecule has 10 nitrogen and oxygen atoms in total. The Morgan fingerprint density at radius 2 is 1.46 bits per heavy atom. The summed E-state index contributed by atoms with van der Waals surface area (Å²) in [5.74, 6) is -1.05. The van der Waals surface area contributed by atoms with Gasteiger partial charge in [-0.1, -0.05) is 31.2 Å². The van der Waals surface area contributed by atoms with Crippen molar-refractivity contribution in [2.45, 2.75) is 78.0 Å². The molecule has 0 saturated heterocycles. The Kier molecular flexibility index (Phi) is 9.60. The molecule has 0 spiro atoms. The smallest absolute Gasteiger partial charge is 0.425 e. The highest BCUT2D eigenvalue weighted by molar-refractivity contribution is 6.14. The van der Waals surface area contributed by atoms with E-state index in [0.29, 0.717) is 22.0 Å². The quantitative estimate of drug-likeness (QED) is 0.274. The van der Waals surface area contributed by atoms with Crippen LogP contribution in [0.15, 0.2) is 54.7 Å². The normalized spacial score (nSPS) is 13.3. The van der Waals surface area contributed by atoms with Gasteiger partial charge in [0.05, 0.1) is 0 Å². The Hall–Kier alpha value is -4.18. The van der Waals surface area contributed by atoms with Crippen LogP contribution in [0.3, 0.4) is 0 Å². The van der Waals surface area contributed by atoms with Crippen molar-refractivity contribution in [3.8, 4) is 0 Å². The van der Waals surface area contributed by atoms with Crippen LogP contribution in [-0.2, 0) is 14.3 Å². The molecule has 2 unspecified atom stereocenters. The third-order valence-corrected chi connectivity index (χ3v) is 6.12. The van der Waals surface area contributed by atoms with Crippen molar-refractivity contribution in [2.24, 2.45) is 0 Å². The topological polar surface area (TPSA) is 138 Å². The average Bonchev–Trinajstić information content (AvgIpc) is 2.86. The van der Waals surface area contributed by atoms with Crippen LogP contribution in [0.4, 0.5) is 21.1 Å². The van der Waals surface area contributed by atoms with E-state index in [0.717, 1.165) is 16.9 Å². The van der Waals surface area contributed by atoms with Crippen LogP contribution >= 0.6 is 0 Å². The largest absolute Gasteiger partial charge is 0.479 e. The summed E-state index contributed by atoms with van der Waals surface area (Å²) in [5.41, 5.74) is 0.241. The lowest BCUT2D eigenvalue weighted by Gasteiger charge is -2.28. The second kappa shape index (κ2) is 12.6. The summed E-state index contributed by atoms with van der Waals surface area (Å²) in [7, 11) is 0. The Labute approximate surface area is 240 Å². The number of anilines is 2. The zero-order valence-corrected chi connectivity index (χ0v) is 24.6. The number of hydrogen-bond acceptors (Lipinski definition) is 8. The summed E-state index contributed by atoms with van der Waals surface area (Å²) < 4.78 is 11.0. The highest BCUT2D eigenvalue weighted by Gasteiger charge is 2.34. The summed E-state index contributed by atoms with van der Waals surface area (Å²) in [5, 5.41) is 23.7. The number of aliphatic carboxylic acids is 1. The first kappa shape index (κ1) is 31.3. The molecule has 0 bridgehead atoms. The maximum Gasteiger partial charge on any atom is 0.425 e. The maximum absolute atomic E-state index is 13.2. The van der Waals surface area contributed by atoms with Crippen LogP contribution in [0.2, 0.25) is 0 Å². The molecule has 3 rings (SSSR count). The first-order chi connectivity index (χ1) is 19.1. The molecule has 1 aromatic heterocycles. The standard InChI is InChI=1S/C31H39N3O7/c1-8-19(18-35)20-9-11-21(12-10-20)25(27(36)37)33-23-13-14-24-22(17-23)15-16-32-26(24)34(28(38)40-30(2,3)4)29(39)41-31(5,6)7/h9-17,19,25,33,35H,8,18H2,1-7H3,(H,36,37). The number of hydrogen-bond donors (Lipinski definition) is 3. The van der Waals surface area contributed by atoms with E-state index in [2.05, 4.69) is 10.3 Å². The molecule has 0 aliphatic rings. The van der Waals surface area contributed by atoms with Gasteiger partial charge in [0.25, 0.3) is 0 Å². The number of aliphatic hydroxyl groups excluding tert-OH is 1. The van der Waals surface area contributed by atoms with Crippen molar-refractivity contribution in [1.82, 2.24) is 4.98 Å². The van der Waals surface area contributed by atoms with Gasteiger partial charge in [-0.3, -0.25) is 0 Å². The van der Waals surface area contributed by atoms with Gasteiger partial charge in [0.1, 0.15) is 11.2 Å². The Morgan fingerprint density at radius 3 is 1.95 bits per heavy atom. The van der Waals surface area contributed by atoms with E-state index in [1.165, 1.54) is 6.20 Å². The zero-order chi connectivity index (χ0) is 30.5. The highest BCUT2D eigenvalue weighted by Crippen LogP contribution is 2.31. The molecule has 0 radical (unpaired) electrons. The van der Waals surface area contributed by atoms with Gasteiger partial charge in [-0.2, -0.15) is 4.90 Å². The van der Waals surface area contributed by atoms with Gasteiger partial charge >= 0.3 is 18.2 Å². The molecule has 220 valence electrons. The van der Waals surface area contributed by atoms with Gasteiger partial charge in [0, 0.05) is 29.8 Å². The number of nitrogens with one attached hydrogen (secondary N) is 1. The van der Waals surface area contributed by atoms with Crippen LogP contribution in [0.25, 0.3) is 10.8 Å². The number of aromatic nitrogens is 1. The molecule has 3 N–H and O–H groups in total. The first-order valence-corrected chi connectivity index (χ1v) is 13.5. The lowest BCUT2D eigenvalue weighted by Crippen LogP contribution is -2.44. The third-order valence-electron chi connectivity index (χ3n) is 6.12. The van der Waals surface area contributed by atoms with E-state index in [9.17, 15) is 24.6 Å². The maximum atomic E-state index is 13.2. The Balaban J connectivity index is 1.98. The Bertz CT molecular complexity index is 1360. The zero-order valence-electron chi connectivity index (χ0n) is 24.6. The number of benzene rings is 2. The lowest BCUT2D eigenvalue weighted by molar-refractivity contribution is -0.138. The first-order valence-electron chi connectivity index (χ1n) is 13.5. The van der Waals surface area contributed by atoms with Gasteiger partial charge in [-0.05, 0) is 88.7 Å². The van der Waals surface area contributed by atoms with Gasteiger partial charge in [0.2, 0.25) is 0 Å². The van der Waals surface area contributed by atoms with Crippen LogP contribution in [-0.4, -0.2) is 51.2 Å². The molecule has 2 amide bonds. The minimum atomic E-state index is -1.07. The number of carbonyl (C=O) groups excluding carboxylic acids is 2. The molecule has 0 aliphatic carbocycles. The SMILES string of the molecule is CCC(CO)c1ccc(C(Nc2ccc3c(N(C(=O)OC(C)(C)C)C(=O)OC(C)(C)C)nccc3c2)C(=O)O)cc1. The fourth-order valence-corrected chi connectivity index (χ4v) is 4.18. The third kappa shape index (κ3) is 8.17. The second-order valence-electron chi connectivity index (χ2n) is 11.7. The Morgan fingerprint density at radius 1 is 0.902 bits per heavy atom. The summed E-state index contributed by atoms with van der Waals surface area (Å²) in [6, 6.07) is 12.8. The fourth-order valence-electron chi connectivity index (χ4n) is 4.18. The second-order valence-corrected chi connectivity index (χ2v) is 11.7. The van der Waals surface area contributed by atoms with E-state index in [1.54, 1.807) is 77.9 Å². The predicted octanol–water partition coefficient (Wildman–Crippen LogP) is 6.64.